The summed E-state index contributed by atoms with van der Waals surface area (Å²) in [7, 11) is 0. The van der Waals surface area contributed by atoms with Crippen molar-refractivity contribution in [3.8, 4) is 0 Å². The van der Waals surface area contributed by atoms with Crippen molar-refractivity contribution in [2.24, 2.45) is 5.92 Å². The Morgan fingerprint density at radius 1 is 1.06 bits per heavy atom. The second-order valence-corrected chi connectivity index (χ2v) is 5.65. The molecule has 0 radical (unpaired) electrons. The van der Waals surface area contributed by atoms with Gasteiger partial charge in [0.2, 0.25) is 0 Å². The summed E-state index contributed by atoms with van der Waals surface area (Å²) in [5.74, 6) is 0.823. The summed E-state index contributed by atoms with van der Waals surface area (Å²) in [6, 6.07) is 8.44. The SMILES string of the molecule is Brc1ccc(NCC2CC/C=C\CCC2)cc1. The van der Waals surface area contributed by atoms with Crippen molar-refractivity contribution in [1.29, 1.82) is 0 Å². The molecule has 2 rings (SSSR count). The smallest absolute Gasteiger partial charge is 0.0341 e. The number of rotatable bonds is 3. The maximum atomic E-state index is 3.54. The molecule has 1 aromatic carbocycles. The zero-order chi connectivity index (χ0) is 11.9. The van der Waals surface area contributed by atoms with Crippen molar-refractivity contribution >= 4 is 21.6 Å². The van der Waals surface area contributed by atoms with Crippen LogP contribution in [-0.2, 0) is 0 Å². The number of benzene rings is 1. The molecule has 1 aliphatic rings. The van der Waals surface area contributed by atoms with Crippen molar-refractivity contribution in [1.82, 2.24) is 0 Å². The van der Waals surface area contributed by atoms with Crippen molar-refractivity contribution in [3.63, 3.8) is 0 Å². The average Bonchev–Trinajstić information content (AvgIpc) is 2.30. The minimum atomic E-state index is 0.823. The first-order chi connectivity index (χ1) is 8.34. The monoisotopic (exact) mass is 293 g/mol. The number of hydrogen-bond donors (Lipinski definition) is 1. The fourth-order valence-corrected chi connectivity index (χ4v) is 2.53. The van der Waals surface area contributed by atoms with Gasteiger partial charge >= 0.3 is 0 Å². The molecule has 1 nitrogen and oxygen atoms in total. The number of anilines is 1. The van der Waals surface area contributed by atoms with E-state index in [4.69, 9.17) is 0 Å². The van der Waals surface area contributed by atoms with Gasteiger partial charge in [-0.3, -0.25) is 0 Å². The van der Waals surface area contributed by atoms with E-state index in [1.54, 1.807) is 0 Å². The van der Waals surface area contributed by atoms with Gasteiger partial charge in [-0.15, -0.1) is 0 Å². The van der Waals surface area contributed by atoms with Crippen LogP contribution in [-0.4, -0.2) is 6.54 Å². The molecule has 0 bridgehead atoms. The van der Waals surface area contributed by atoms with Gasteiger partial charge in [0.05, 0.1) is 0 Å². The van der Waals surface area contributed by atoms with E-state index in [0.29, 0.717) is 0 Å². The fraction of sp³-hybridized carbons (Fsp3) is 0.467. The summed E-state index contributed by atoms with van der Waals surface area (Å²) in [4.78, 5) is 0. The van der Waals surface area contributed by atoms with E-state index in [1.807, 2.05) is 0 Å². The number of hydrogen-bond acceptors (Lipinski definition) is 1. The molecule has 92 valence electrons. The highest BCUT2D eigenvalue weighted by Gasteiger charge is 2.08. The van der Waals surface area contributed by atoms with Gasteiger partial charge in [0.15, 0.2) is 0 Å². The molecule has 0 aliphatic heterocycles. The summed E-state index contributed by atoms with van der Waals surface area (Å²) in [6.07, 6.45) is 11.2. The normalized spacial score (nSPS) is 22.5. The molecule has 17 heavy (non-hydrogen) atoms. The van der Waals surface area contributed by atoms with Gasteiger partial charge in [0, 0.05) is 16.7 Å². The number of halogens is 1. The molecule has 1 aliphatic carbocycles. The van der Waals surface area contributed by atoms with Crippen molar-refractivity contribution in [3.05, 3.63) is 40.9 Å². The highest BCUT2D eigenvalue weighted by molar-refractivity contribution is 9.10. The lowest BCUT2D eigenvalue weighted by Gasteiger charge is -2.18. The Hall–Kier alpha value is -0.760. The minimum absolute atomic E-state index is 0.823. The van der Waals surface area contributed by atoms with Gasteiger partial charge < -0.3 is 5.32 Å². The summed E-state index contributed by atoms with van der Waals surface area (Å²) in [6.45, 7) is 1.11. The van der Waals surface area contributed by atoms with Gasteiger partial charge in [-0.25, -0.2) is 0 Å². The second-order valence-electron chi connectivity index (χ2n) is 4.73. The van der Waals surface area contributed by atoms with Crippen LogP contribution < -0.4 is 5.32 Å². The Balaban J connectivity index is 1.80. The van der Waals surface area contributed by atoms with E-state index >= 15 is 0 Å². The van der Waals surface area contributed by atoms with Crippen LogP contribution in [0.15, 0.2) is 40.9 Å². The van der Waals surface area contributed by atoms with Gasteiger partial charge in [0.25, 0.3) is 0 Å². The lowest BCUT2D eigenvalue weighted by Crippen LogP contribution is -2.14. The first-order valence-corrected chi connectivity index (χ1v) is 7.28. The number of allylic oxidation sites excluding steroid dienone is 2. The molecule has 0 saturated carbocycles. The summed E-state index contributed by atoms with van der Waals surface area (Å²) < 4.78 is 1.14. The molecule has 0 fully saturated rings. The Labute approximate surface area is 112 Å². The van der Waals surface area contributed by atoms with Crippen molar-refractivity contribution < 1.29 is 0 Å². The quantitative estimate of drug-likeness (QED) is 0.774. The first-order valence-electron chi connectivity index (χ1n) is 6.49. The van der Waals surface area contributed by atoms with E-state index < -0.39 is 0 Å². The highest BCUT2D eigenvalue weighted by Crippen LogP contribution is 2.20. The van der Waals surface area contributed by atoms with Gasteiger partial charge in [0.1, 0.15) is 0 Å². The zero-order valence-electron chi connectivity index (χ0n) is 10.2. The van der Waals surface area contributed by atoms with Crippen molar-refractivity contribution in [2.75, 3.05) is 11.9 Å². The zero-order valence-corrected chi connectivity index (χ0v) is 11.7. The maximum Gasteiger partial charge on any atom is 0.0341 e. The van der Waals surface area contributed by atoms with Crippen LogP contribution in [0.25, 0.3) is 0 Å². The van der Waals surface area contributed by atoms with Crippen molar-refractivity contribution in [2.45, 2.75) is 32.1 Å². The van der Waals surface area contributed by atoms with E-state index in [1.165, 1.54) is 37.8 Å². The largest absolute Gasteiger partial charge is 0.385 e. The molecule has 1 aromatic rings. The molecule has 0 amide bonds. The molecule has 1 atom stereocenters. The molecular weight excluding hydrogens is 274 g/mol. The Bertz CT molecular complexity index is 356. The average molecular weight is 294 g/mol. The first kappa shape index (κ1) is 12.7. The van der Waals surface area contributed by atoms with Gasteiger partial charge in [-0.05, 0) is 62.3 Å². The fourth-order valence-electron chi connectivity index (χ4n) is 2.27. The molecule has 1 N–H and O–H groups in total. The predicted octanol–water partition coefficient (Wildman–Crippen LogP) is 5.00. The Kier molecular flexibility index (Phi) is 5.11. The minimum Gasteiger partial charge on any atom is -0.385 e. The molecule has 0 aromatic heterocycles. The van der Waals surface area contributed by atoms with Gasteiger partial charge in [-0.1, -0.05) is 28.1 Å². The predicted molar refractivity (Wildman–Crippen MR) is 78.3 cm³/mol. The van der Waals surface area contributed by atoms with Crippen LogP contribution in [0.1, 0.15) is 32.1 Å². The molecule has 0 heterocycles. The van der Waals surface area contributed by atoms with E-state index in [9.17, 15) is 0 Å². The molecule has 2 heteroatoms. The molecule has 0 spiro atoms. The standard InChI is InChI=1S/C15H20BrN/c16-14-8-10-15(11-9-14)17-12-13-6-4-2-1-3-5-7-13/h1-2,8-11,13,17H,3-7,12H2/b2-1-. The Morgan fingerprint density at radius 2 is 1.82 bits per heavy atom. The maximum absolute atomic E-state index is 3.54. The third-order valence-corrected chi connectivity index (χ3v) is 3.86. The Morgan fingerprint density at radius 3 is 2.65 bits per heavy atom. The molecule has 0 saturated heterocycles. The summed E-state index contributed by atoms with van der Waals surface area (Å²) in [5.41, 5.74) is 1.23. The van der Waals surface area contributed by atoms with Crippen LogP contribution in [0, 0.1) is 5.92 Å². The van der Waals surface area contributed by atoms with E-state index in [0.717, 1.165) is 16.9 Å². The second kappa shape index (κ2) is 6.85. The number of nitrogens with one attached hydrogen (secondary N) is 1. The van der Waals surface area contributed by atoms with Crippen LogP contribution >= 0.6 is 15.9 Å². The van der Waals surface area contributed by atoms with Gasteiger partial charge in [-0.2, -0.15) is 0 Å². The van der Waals surface area contributed by atoms with Crippen LogP contribution in [0.2, 0.25) is 0 Å². The third kappa shape index (κ3) is 4.55. The van der Waals surface area contributed by atoms with E-state index in [-0.39, 0.29) is 0 Å². The molecular formula is C15H20BrN. The lowest BCUT2D eigenvalue weighted by molar-refractivity contribution is 0.456. The lowest BCUT2D eigenvalue weighted by atomic mass is 9.94. The van der Waals surface area contributed by atoms with Crippen LogP contribution in [0.3, 0.4) is 0 Å². The topological polar surface area (TPSA) is 12.0 Å². The van der Waals surface area contributed by atoms with Crippen LogP contribution in [0.5, 0.6) is 0 Å². The van der Waals surface area contributed by atoms with Crippen LogP contribution in [0.4, 0.5) is 5.69 Å². The van der Waals surface area contributed by atoms with E-state index in [2.05, 4.69) is 57.7 Å². The highest BCUT2D eigenvalue weighted by atomic mass is 79.9. The summed E-state index contributed by atoms with van der Waals surface area (Å²) >= 11 is 3.46. The molecule has 1 unspecified atom stereocenters. The summed E-state index contributed by atoms with van der Waals surface area (Å²) in [5, 5.41) is 3.54. The third-order valence-electron chi connectivity index (χ3n) is 3.33.